The van der Waals surface area contributed by atoms with Crippen molar-refractivity contribution < 1.29 is 9.53 Å². The summed E-state index contributed by atoms with van der Waals surface area (Å²) in [7, 11) is 0. The summed E-state index contributed by atoms with van der Waals surface area (Å²) in [5.74, 6) is 0.310. The molecular formula is C25H21N3O3. The lowest BCUT2D eigenvalue weighted by Crippen LogP contribution is -2.29. The molecule has 0 spiro atoms. The van der Waals surface area contributed by atoms with E-state index in [1.807, 2.05) is 66.7 Å². The molecule has 0 aliphatic rings. The van der Waals surface area contributed by atoms with Crippen LogP contribution in [0.2, 0.25) is 0 Å². The lowest BCUT2D eigenvalue weighted by atomic mass is 10.1. The van der Waals surface area contributed by atoms with Crippen molar-refractivity contribution >= 4 is 5.91 Å². The quantitative estimate of drug-likeness (QED) is 0.482. The van der Waals surface area contributed by atoms with E-state index < -0.39 is 11.5 Å². The first kappa shape index (κ1) is 20.1. The summed E-state index contributed by atoms with van der Waals surface area (Å²) >= 11 is 0. The highest BCUT2D eigenvalue weighted by Gasteiger charge is 2.11. The molecule has 2 heterocycles. The smallest absolute Gasteiger partial charge is 0.261 e. The molecule has 154 valence electrons. The lowest BCUT2D eigenvalue weighted by molar-refractivity contribution is 0.0949. The van der Waals surface area contributed by atoms with Crippen LogP contribution in [0.4, 0.5) is 0 Å². The summed E-state index contributed by atoms with van der Waals surface area (Å²) in [6, 6.07) is 24.0. The van der Waals surface area contributed by atoms with Gasteiger partial charge in [0.2, 0.25) is 0 Å². The number of rotatable bonds is 7. The average molecular weight is 411 g/mol. The summed E-state index contributed by atoms with van der Waals surface area (Å²) in [6.45, 7) is 0.743. The lowest BCUT2D eigenvalue weighted by Gasteiger charge is -2.09. The van der Waals surface area contributed by atoms with Gasteiger partial charge in [0.05, 0.1) is 0 Å². The Balaban J connectivity index is 1.34. The number of carbonyl (C=O) groups excluding carboxylic acids is 1. The largest absolute Gasteiger partial charge is 0.489 e. The molecule has 4 aromatic rings. The van der Waals surface area contributed by atoms with Crippen molar-refractivity contribution in [1.29, 1.82) is 0 Å². The Hall–Kier alpha value is -4.19. The Kier molecular flexibility index (Phi) is 6.18. The van der Waals surface area contributed by atoms with Gasteiger partial charge in [-0.25, -0.2) is 0 Å². The number of nitrogens with one attached hydrogen (secondary N) is 2. The maximum Gasteiger partial charge on any atom is 0.261 e. The Morgan fingerprint density at radius 2 is 1.71 bits per heavy atom. The second-order valence-corrected chi connectivity index (χ2v) is 6.96. The van der Waals surface area contributed by atoms with Crippen LogP contribution in [0, 0.1) is 0 Å². The molecule has 2 aromatic heterocycles. The van der Waals surface area contributed by atoms with Gasteiger partial charge in [0.25, 0.3) is 11.5 Å². The van der Waals surface area contributed by atoms with Crippen molar-refractivity contribution in [3.05, 3.63) is 118 Å². The minimum Gasteiger partial charge on any atom is -0.489 e. The Bertz CT molecular complexity index is 1200. The maximum absolute atomic E-state index is 12.5. The molecule has 4 rings (SSSR count). The van der Waals surface area contributed by atoms with Crippen LogP contribution in [0.25, 0.3) is 11.3 Å². The Labute approximate surface area is 179 Å². The molecule has 2 N–H and O–H groups in total. The van der Waals surface area contributed by atoms with Crippen molar-refractivity contribution in [3.8, 4) is 17.0 Å². The van der Waals surface area contributed by atoms with Gasteiger partial charge in [-0.1, -0.05) is 48.5 Å². The number of benzene rings is 2. The molecular weight excluding hydrogens is 390 g/mol. The number of ether oxygens (including phenoxy) is 1. The minimum absolute atomic E-state index is 0.0797. The zero-order valence-corrected chi connectivity index (χ0v) is 16.7. The van der Waals surface area contributed by atoms with Crippen molar-refractivity contribution in [2.24, 2.45) is 0 Å². The van der Waals surface area contributed by atoms with E-state index in [2.05, 4.69) is 15.3 Å². The van der Waals surface area contributed by atoms with Gasteiger partial charge in [-0.05, 0) is 41.5 Å². The highest BCUT2D eigenvalue weighted by Crippen LogP contribution is 2.15. The van der Waals surface area contributed by atoms with E-state index in [-0.39, 0.29) is 5.56 Å². The van der Waals surface area contributed by atoms with E-state index in [1.54, 1.807) is 24.5 Å². The standard InChI is InChI=1S/C25H21N3O3/c29-24(22-12-13-23(28-25(22)30)20-6-2-1-3-7-20)27-16-18-8-10-21(11-9-18)31-17-19-5-4-14-26-15-19/h1-15H,16-17H2,(H,27,29)(H,28,30). The summed E-state index contributed by atoms with van der Waals surface area (Å²) in [5, 5.41) is 2.78. The van der Waals surface area contributed by atoms with Gasteiger partial charge in [0.1, 0.15) is 17.9 Å². The molecule has 0 unspecified atom stereocenters. The fourth-order valence-electron chi connectivity index (χ4n) is 3.07. The zero-order valence-electron chi connectivity index (χ0n) is 16.7. The van der Waals surface area contributed by atoms with Crippen LogP contribution >= 0.6 is 0 Å². The number of aromatic nitrogens is 2. The second-order valence-electron chi connectivity index (χ2n) is 6.96. The number of H-pyrrole nitrogens is 1. The van der Waals surface area contributed by atoms with Gasteiger partial charge in [0, 0.05) is 30.2 Å². The fourth-order valence-corrected chi connectivity index (χ4v) is 3.07. The number of hydrogen-bond acceptors (Lipinski definition) is 4. The van der Waals surface area contributed by atoms with Crippen molar-refractivity contribution in [1.82, 2.24) is 15.3 Å². The van der Waals surface area contributed by atoms with Crippen molar-refractivity contribution in [3.63, 3.8) is 0 Å². The summed E-state index contributed by atoms with van der Waals surface area (Å²) < 4.78 is 5.73. The number of nitrogens with zero attached hydrogens (tertiary/aromatic N) is 1. The monoisotopic (exact) mass is 411 g/mol. The maximum atomic E-state index is 12.5. The van der Waals surface area contributed by atoms with Crippen LogP contribution in [0.3, 0.4) is 0 Å². The molecule has 1 amide bonds. The van der Waals surface area contributed by atoms with E-state index in [9.17, 15) is 9.59 Å². The molecule has 0 aliphatic carbocycles. The zero-order chi connectivity index (χ0) is 21.5. The Morgan fingerprint density at radius 1 is 0.903 bits per heavy atom. The highest BCUT2D eigenvalue weighted by atomic mass is 16.5. The molecule has 0 saturated carbocycles. The Morgan fingerprint density at radius 3 is 2.42 bits per heavy atom. The average Bonchev–Trinajstić information content (AvgIpc) is 2.83. The summed E-state index contributed by atoms with van der Waals surface area (Å²) in [5.41, 5.74) is 3.11. The molecule has 0 aliphatic heterocycles. The number of pyridine rings is 2. The number of hydrogen-bond donors (Lipinski definition) is 2. The topological polar surface area (TPSA) is 84.1 Å². The van der Waals surface area contributed by atoms with E-state index in [0.29, 0.717) is 18.8 Å². The fraction of sp³-hybridized carbons (Fsp3) is 0.0800. The first-order valence-corrected chi connectivity index (χ1v) is 9.86. The third-order valence-corrected chi connectivity index (χ3v) is 4.74. The van der Waals surface area contributed by atoms with Crippen LogP contribution in [0.5, 0.6) is 5.75 Å². The summed E-state index contributed by atoms with van der Waals surface area (Å²) in [6.07, 6.45) is 3.48. The molecule has 0 radical (unpaired) electrons. The van der Waals surface area contributed by atoms with Gasteiger partial charge in [0.15, 0.2) is 0 Å². The van der Waals surface area contributed by atoms with Gasteiger partial charge >= 0.3 is 0 Å². The van der Waals surface area contributed by atoms with E-state index in [0.717, 1.165) is 22.4 Å². The minimum atomic E-state index is -0.419. The summed E-state index contributed by atoms with van der Waals surface area (Å²) in [4.78, 5) is 31.6. The molecule has 0 atom stereocenters. The van der Waals surface area contributed by atoms with Gasteiger partial charge in [-0.3, -0.25) is 14.6 Å². The highest BCUT2D eigenvalue weighted by molar-refractivity contribution is 5.94. The molecule has 2 aromatic carbocycles. The molecule has 0 fully saturated rings. The predicted octanol–water partition coefficient (Wildman–Crippen LogP) is 3.95. The molecule has 6 nitrogen and oxygen atoms in total. The number of aromatic amines is 1. The van der Waals surface area contributed by atoms with Crippen molar-refractivity contribution in [2.45, 2.75) is 13.2 Å². The van der Waals surface area contributed by atoms with E-state index >= 15 is 0 Å². The normalized spacial score (nSPS) is 10.5. The van der Waals surface area contributed by atoms with Crippen LogP contribution in [0.15, 0.2) is 96.1 Å². The number of carbonyl (C=O) groups is 1. The SMILES string of the molecule is O=C(NCc1ccc(OCc2cccnc2)cc1)c1ccc(-c2ccccc2)[nH]c1=O. The van der Waals surface area contributed by atoms with Gasteiger partial charge in [-0.15, -0.1) is 0 Å². The molecule has 6 heteroatoms. The van der Waals surface area contributed by atoms with E-state index in [4.69, 9.17) is 4.74 Å². The third kappa shape index (κ3) is 5.25. The third-order valence-electron chi connectivity index (χ3n) is 4.74. The van der Waals surface area contributed by atoms with E-state index in [1.165, 1.54) is 0 Å². The van der Waals surface area contributed by atoms with Crippen LogP contribution in [-0.4, -0.2) is 15.9 Å². The first-order valence-electron chi connectivity index (χ1n) is 9.86. The predicted molar refractivity (Wildman–Crippen MR) is 119 cm³/mol. The molecule has 31 heavy (non-hydrogen) atoms. The first-order chi connectivity index (χ1) is 15.2. The van der Waals surface area contributed by atoms with Gasteiger partial charge in [-0.2, -0.15) is 0 Å². The van der Waals surface area contributed by atoms with Crippen molar-refractivity contribution in [2.75, 3.05) is 0 Å². The van der Waals surface area contributed by atoms with Gasteiger partial charge < -0.3 is 15.0 Å². The molecule has 0 saturated heterocycles. The van der Waals surface area contributed by atoms with Crippen LogP contribution in [-0.2, 0) is 13.2 Å². The van der Waals surface area contributed by atoms with Crippen LogP contribution in [0.1, 0.15) is 21.5 Å². The second kappa shape index (κ2) is 9.54. The molecule has 0 bridgehead atoms. The van der Waals surface area contributed by atoms with Crippen LogP contribution < -0.4 is 15.6 Å². The number of amides is 1.